The number of carbonyl (C=O) groups excluding carboxylic acids is 1. The van der Waals surface area contributed by atoms with Gasteiger partial charge in [-0.25, -0.2) is 9.78 Å². The Labute approximate surface area is 154 Å². The summed E-state index contributed by atoms with van der Waals surface area (Å²) in [6.07, 6.45) is 0. The van der Waals surface area contributed by atoms with Crippen molar-refractivity contribution >= 4 is 39.8 Å². The highest BCUT2D eigenvalue weighted by atomic mass is 35.5. The molecule has 25 heavy (non-hydrogen) atoms. The van der Waals surface area contributed by atoms with Crippen molar-refractivity contribution in [2.45, 2.75) is 6.92 Å². The molecular formula is C18H16ClN3O2S. The summed E-state index contributed by atoms with van der Waals surface area (Å²) < 4.78 is 5.43. The molecule has 2 N–H and O–H groups in total. The molecule has 0 aliphatic heterocycles. The van der Waals surface area contributed by atoms with Crippen LogP contribution in [0.5, 0.6) is 5.75 Å². The fourth-order valence-corrected chi connectivity index (χ4v) is 3.08. The number of urea groups is 1. The molecule has 0 fully saturated rings. The van der Waals surface area contributed by atoms with Crippen LogP contribution in [0.3, 0.4) is 0 Å². The van der Waals surface area contributed by atoms with E-state index in [4.69, 9.17) is 16.3 Å². The number of benzene rings is 2. The first kappa shape index (κ1) is 17.3. The number of anilines is 2. The zero-order chi connectivity index (χ0) is 17.6. The van der Waals surface area contributed by atoms with Crippen LogP contribution in [0.1, 0.15) is 6.92 Å². The normalized spacial score (nSPS) is 10.3. The molecular weight excluding hydrogens is 358 g/mol. The maximum atomic E-state index is 12.0. The van der Waals surface area contributed by atoms with E-state index in [1.807, 2.05) is 36.6 Å². The Morgan fingerprint density at radius 2 is 2.00 bits per heavy atom. The molecule has 0 bridgehead atoms. The van der Waals surface area contributed by atoms with Crippen molar-refractivity contribution in [2.75, 3.05) is 17.2 Å². The summed E-state index contributed by atoms with van der Waals surface area (Å²) in [6, 6.07) is 14.3. The van der Waals surface area contributed by atoms with Crippen LogP contribution in [-0.2, 0) is 0 Å². The third kappa shape index (κ3) is 4.71. The van der Waals surface area contributed by atoms with E-state index in [-0.39, 0.29) is 6.03 Å². The lowest BCUT2D eigenvalue weighted by molar-refractivity contribution is 0.262. The zero-order valence-corrected chi connectivity index (χ0v) is 15.0. The minimum Gasteiger partial charge on any atom is -0.494 e. The first-order valence-electron chi connectivity index (χ1n) is 7.66. The lowest BCUT2D eigenvalue weighted by Crippen LogP contribution is -2.19. The quantitative estimate of drug-likeness (QED) is 0.620. The summed E-state index contributed by atoms with van der Waals surface area (Å²) in [5.74, 6) is 0.820. The Balaban J connectivity index is 1.64. The minimum absolute atomic E-state index is 0.366. The second-order valence-electron chi connectivity index (χ2n) is 5.08. The predicted molar refractivity (Wildman–Crippen MR) is 103 cm³/mol. The van der Waals surface area contributed by atoms with Gasteiger partial charge in [-0.1, -0.05) is 17.7 Å². The summed E-state index contributed by atoms with van der Waals surface area (Å²) >= 11 is 7.26. The van der Waals surface area contributed by atoms with Gasteiger partial charge in [0, 0.05) is 21.7 Å². The van der Waals surface area contributed by atoms with E-state index in [1.165, 1.54) is 11.3 Å². The fourth-order valence-electron chi connectivity index (χ4n) is 2.18. The SMILES string of the molecule is CCOc1ccc(-c2csc(NC(=O)Nc3cccc(Cl)c3)n2)cc1. The Kier molecular flexibility index (Phi) is 5.53. The van der Waals surface area contributed by atoms with Crippen LogP contribution in [0.15, 0.2) is 53.9 Å². The highest BCUT2D eigenvalue weighted by Gasteiger charge is 2.08. The summed E-state index contributed by atoms with van der Waals surface area (Å²) in [4.78, 5) is 16.5. The third-order valence-corrected chi connectivity index (χ3v) is 4.26. The fraction of sp³-hybridized carbons (Fsp3) is 0.111. The monoisotopic (exact) mass is 373 g/mol. The summed E-state index contributed by atoms with van der Waals surface area (Å²) in [5.41, 5.74) is 2.38. The average Bonchev–Trinajstić information content (AvgIpc) is 3.04. The molecule has 0 radical (unpaired) electrons. The number of nitrogens with one attached hydrogen (secondary N) is 2. The van der Waals surface area contributed by atoms with Gasteiger partial charge in [0.2, 0.25) is 0 Å². The van der Waals surface area contributed by atoms with E-state index in [1.54, 1.807) is 24.3 Å². The molecule has 3 rings (SSSR count). The van der Waals surface area contributed by atoms with Crippen LogP contribution in [0.4, 0.5) is 15.6 Å². The van der Waals surface area contributed by atoms with E-state index < -0.39 is 0 Å². The second kappa shape index (κ2) is 8.00. The average molecular weight is 374 g/mol. The third-order valence-electron chi connectivity index (χ3n) is 3.27. The smallest absolute Gasteiger partial charge is 0.325 e. The van der Waals surface area contributed by atoms with Gasteiger partial charge in [0.05, 0.1) is 12.3 Å². The summed E-state index contributed by atoms with van der Waals surface area (Å²) in [5, 5.41) is 8.41. The van der Waals surface area contributed by atoms with Gasteiger partial charge in [-0.2, -0.15) is 0 Å². The van der Waals surface area contributed by atoms with Crippen molar-refractivity contribution in [3.8, 4) is 17.0 Å². The second-order valence-corrected chi connectivity index (χ2v) is 6.38. The minimum atomic E-state index is -0.366. The number of halogens is 1. The van der Waals surface area contributed by atoms with Gasteiger partial charge >= 0.3 is 6.03 Å². The van der Waals surface area contributed by atoms with Crippen molar-refractivity contribution in [1.29, 1.82) is 0 Å². The van der Waals surface area contributed by atoms with Crippen LogP contribution in [0.25, 0.3) is 11.3 Å². The maximum Gasteiger partial charge on any atom is 0.325 e. The van der Waals surface area contributed by atoms with Gasteiger partial charge in [-0.05, 0) is 49.4 Å². The lowest BCUT2D eigenvalue weighted by atomic mass is 10.2. The standard InChI is InChI=1S/C18H16ClN3O2S/c1-2-24-15-8-6-12(7-9-15)16-11-25-18(21-16)22-17(23)20-14-5-3-4-13(19)10-14/h3-11H,2H2,1H3,(H2,20,21,22,23). The van der Waals surface area contributed by atoms with Crippen molar-refractivity contribution in [3.63, 3.8) is 0 Å². The molecule has 1 heterocycles. The Morgan fingerprint density at radius 1 is 1.20 bits per heavy atom. The number of hydrogen-bond acceptors (Lipinski definition) is 4. The molecule has 3 aromatic rings. The predicted octanol–water partition coefficient (Wildman–Crippen LogP) is 5.51. The molecule has 0 unspecified atom stereocenters. The molecule has 0 aliphatic rings. The Bertz CT molecular complexity index is 865. The van der Waals surface area contributed by atoms with Gasteiger partial charge in [0.15, 0.2) is 5.13 Å². The molecule has 0 saturated carbocycles. The molecule has 1 aromatic heterocycles. The number of carbonyl (C=O) groups is 1. The number of aromatic nitrogens is 1. The van der Waals surface area contributed by atoms with Gasteiger partial charge in [0.1, 0.15) is 5.75 Å². The number of rotatable bonds is 5. The van der Waals surface area contributed by atoms with E-state index in [0.29, 0.717) is 22.4 Å². The largest absolute Gasteiger partial charge is 0.494 e. The first-order valence-corrected chi connectivity index (χ1v) is 8.92. The van der Waals surface area contributed by atoms with Crippen LogP contribution in [-0.4, -0.2) is 17.6 Å². The molecule has 2 aromatic carbocycles. The van der Waals surface area contributed by atoms with Crippen molar-refractivity contribution in [2.24, 2.45) is 0 Å². The van der Waals surface area contributed by atoms with Gasteiger partial charge < -0.3 is 10.1 Å². The maximum absolute atomic E-state index is 12.0. The first-order chi connectivity index (χ1) is 12.1. The highest BCUT2D eigenvalue weighted by molar-refractivity contribution is 7.14. The number of amides is 2. The van der Waals surface area contributed by atoms with Gasteiger partial charge in [0.25, 0.3) is 0 Å². The molecule has 0 spiro atoms. The van der Waals surface area contributed by atoms with Crippen molar-refractivity contribution in [3.05, 3.63) is 58.9 Å². The van der Waals surface area contributed by atoms with E-state index >= 15 is 0 Å². The van der Waals surface area contributed by atoms with Gasteiger partial charge in [-0.15, -0.1) is 11.3 Å². The molecule has 0 saturated heterocycles. The molecule has 5 nitrogen and oxygen atoms in total. The summed E-state index contributed by atoms with van der Waals surface area (Å²) in [7, 11) is 0. The number of nitrogens with zero attached hydrogens (tertiary/aromatic N) is 1. The summed E-state index contributed by atoms with van der Waals surface area (Å²) in [6.45, 7) is 2.58. The molecule has 2 amide bonds. The van der Waals surface area contributed by atoms with E-state index in [9.17, 15) is 4.79 Å². The van der Waals surface area contributed by atoms with Crippen molar-refractivity contribution < 1.29 is 9.53 Å². The van der Waals surface area contributed by atoms with Gasteiger partial charge in [-0.3, -0.25) is 5.32 Å². The Morgan fingerprint density at radius 3 is 2.72 bits per heavy atom. The molecule has 128 valence electrons. The van der Waals surface area contributed by atoms with Crippen LogP contribution < -0.4 is 15.4 Å². The van der Waals surface area contributed by atoms with Crippen LogP contribution in [0.2, 0.25) is 5.02 Å². The molecule has 7 heteroatoms. The number of thiazole rings is 1. The van der Waals surface area contributed by atoms with E-state index in [2.05, 4.69) is 15.6 Å². The highest BCUT2D eigenvalue weighted by Crippen LogP contribution is 2.26. The number of hydrogen-bond donors (Lipinski definition) is 2. The Hall–Kier alpha value is -2.57. The van der Waals surface area contributed by atoms with Crippen LogP contribution >= 0.6 is 22.9 Å². The number of ether oxygens (including phenoxy) is 1. The lowest BCUT2D eigenvalue weighted by Gasteiger charge is -2.05. The molecule has 0 aliphatic carbocycles. The van der Waals surface area contributed by atoms with Crippen molar-refractivity contribution in [1.82, 2.24) is 4.98 Å². The topological polar surface area (TPSA) is 63.2 Å². The zero-order valence-electron chi connectivity index (χ0n) is 13.5. The van der Waals surface area contributed by atoms with Crippen LogP contribution in [0, 0.1) is 0 Å². The molecule has 0 atom stereocenters. The van der Waals surface area contributed by atoms with E-state index in [0.717, 1.165) is 17.0 Å².